The molecule has 0 N–H and O–H groups in total. The number of aryl methyl sites for hydroxylation is 3. The Morgan fingerprint density at radius 2 is 1.57 bits per heavy atom. The summed E-state index contributed by atoms with van der Waals surface area (Å²) in [5.41, 5.74) is 4.31. The second kappa shape index (κ2) is 10.3. The fraction of sp³-hybridized carbons (Fsp3) is 0.222. The smallest absolute Gasteiger partial charge is 0.435 e. The van der Waals surface area contributed by atoms with E-state index in [-0.39, 0.29) is 12.2 Å². The van der Waals surface area contributed by atoms with E-state index in [0.29, 0.717) is 12.0 Å². The monoisotopic (exact) mass is 487 g/mol. The van der Waals surface area contributed by atoms with E-state index in [1.807, 2.05) is 47.2 Å². The number of fused-ring (bicyclic) bond motifs is 1. The van der Waals surface area contributed by atoms with E-state index < -0.39 is 25.0 Å². The highest BCUT2D eigenvalue weighted by atomic mass is 19.4. The first-order valence-electron chi connectivity index (χ1n) is 11.0. The number of halogens is 5. The van der Waals surface area contributed by atoms with Gasteiger partial charge in [-0.05, 0) is 72.4 Å². The highest BCUT2D eigenvalue weighted by Gasteiger charge is 2.37. The summed E-state index contributed by atoms with van der Waals surface area (Å²) in [5, 5.41) is 0.866. The van der Waals surface area contributed by atoms with Crippen LogP contribution in [0.4, 0.5) is 22.0 Å². The van der Waals surface area contributed by atoms with Crippen LogP contribution in [0.25, 0.3) is 16.6 Å². The molecule has 0 saturated carbocycles. The zero-order chi connectivity index (χ0) is 25.0. The zero-order valence-electron chi connectivity index (χ0n) is 18.6. The summed E-state index contributed by atoms with van der Waals surface area (Å²) >= 11 is 0. The molecule has 0 aliphatic rings. The van der Waals surface area contributed by atoms with Gasteiger partial charge in [0, 0.05) is 23.7 Å². The number of hydrogen-bond acceptors (Lipinski definition) is 2. The number of nitrogens with zero attached hydrogens (tertiary/aromatic N) is 1. The molecule has 1 aromatic heterocycles. The summed E-state index contributed by atoms with van der Waals surface area (Å²) in [5.74, 6) is -1.70. The van der Waals surface area contributed by atoms with Crippen LogP contribution >= 0.6 is 0 Å². The average molecular weight is 487 g/mol. The van der Waals surface area contributed by atoms with Crippen LogP contribution in [0.5, 0.6) is 5.75 Å². The van der Waals surface area contributed by atoms with Crippen molar-refractivity contribution < 1.29 is 31.5 Å². The quantitative estimate of drug-likeness (QED) is 0.236. The summed E-state index contributed by atoms with van der Waals surface area (Å²) in [6, 6.07) is 21.5. The highest BCUT2D eigenvalue weighted by molar-refractivity contribution is 5.87. The Morgan fingerprint density at radius 1 is 0.857 bits per heavy atom. The minimum atomic E-state index is -4.84. The largest absolute Gasteiger partial charge is 0.449 e. The van der Waals surface area contributed by atoms with Gasteiger partial charge in [0.1, 0.15) is 5.75 Å². The Labute approximate surface area is 198 Å². The maximum Gasteiger partial charge on any atom is 0.449 e. The summed E-state index contributed by atoms with van der Waals surface area (Å²) < 4.78 is 69.2. The minimum absolute atomic E-state index is 0.0166. The minimum Gasteiger partial charge on any atom is -0.435 e. The van der Waals surface area contributed by atoms with E-state index >= 15 is 0 Å². The van der Waals surface area contributed by atoms with Crippen molar-refractivity contribution in [3.8, 4) is 11.4 Å². The number of Topliss-reactive ketones (excluding diaryl/α,β-unsaturated/α-hetero) is 1. The number of hydrogen-bond donors (Lipinski definition) is 0. The molecule has 1 heterocycles. The van der Waals surface area contributed by atoms with Gasteiger partial charge in [0.15, 0.2) is 0 Å². The molecule has 0 aliphatic carbocycles. The van der Waals surface area contributed by atoms with Crippen LogP contribution in [0.2, 0.25) is 0 Å². The van der Waals surface area contributed by atoms with Gasteiger partial charge in [-0.15, -0.1) is 0 Å². The summed E-state index contributed by atoms with van der Waals surface area (Å²) in [7, 11) is 0. The molecule has 0 spiro atoms. The molecule has 0 amide bonds. The third-order valence-electron chi connectivity index (χ3n) is 5.77. The van der Waals surface area contributed by atoms with Crippen molar-refractivity contribution in [3.05, 3.63) is 95.7 Å². The van der Waals surface area contributed by atoms with Crippen LogP contribution in [-0.2, 0) is 24.1 Å². The molecule has 4 aromatic rings. The first-order chi connectivity index (χ1) is 16.7. The Morgan fingerprint density at radius 3 is 2.23 bits per heavy atom. The second-order valence-corrected chi connectivity index (χ2v) is 8.15. The van der Waals surface area contributed by atoms with Crippen molar-refractivity contribution in [3.63, 3.8) is 0 Å². The van der Waals surface area contributed by atoms with Crippen molar-refractivity contribution in [1.29, 1.82) is 0 Å². The Hall–Kier alpha value is -3.68. The molecule has 0 unspecified atom stereocenters. The molecule has 0 fully saturated rings. The first kappa shape index (κ1) is 24.4. The zero-order valence-corrected chi connectivity index (χ0v) is 18.6. The molecule has 0 saturated heterocycles. The SMILES string of the molecule is O=C(CCc1ccc2c(c1)c(CCc1ccccc1)cn2-c1ccc(OC(F)F)cc1)C(F)(F)F. The summed E-state index contributed by atoms with van der Waals surface area (Å²) in [6.07, 6.45) is -2.07. The lowest BCUT2D eigenvalue weighted by molar-refractivity contribution is -0.171. The van der Waals surface area contributed by atoms with Crippen LogP contribution in [0, 0.1) is 0 Å². The van der Waals surface area contributed by atoms with Crippen molar-refractivity contribution in [2.45, 2.75) is 38.5 Å². The molecule has 0 bridgehead atoms. The fourth-order valence-electron chi connectivity index (χ4n) is 4.03. The molecule has 3 nitrogen and oxygen atoms in total. The number of ether oxygens (including phenoxy) is 1. The molecule has 0 atom stereocenters. The van der Waals surface area contributed by atoms with Crippen molar-refractivity contribution in [1.82, 2.24) is 4.57 Å². The molecule has 4 rings (SSSR count). The first-order valence-corrected chi connectivity index (χ1v) is 11.0. The van der Waals surface area contributed by atoms with E-state index in [9.17, 15) is 26.7 Å². The lowest BCUT2D eigenvalue weighted by atomic mass is 10.0. The van der Waals surface area contributed by atoms with Gasteiger partial charge < -0.3 is 9.30 Å². The van der Waals surface area contributed by atoms with Gasteiger partial charge in [0.2, 0.25) is 5.78 Å². The molecule has 35 heavy (non-hydrogen) atoms. The maximum absolute atomic E-state index is 12.6. The van der Waals surface area contributed by atoms with Gasteiger partial charge in [-0.25, -0.2) is 0 Å². The maximum atomic E-state index is 12.6. The number of ketones is 1. The highest BCUT2D eigenvalue weighted by Crippen LogP contribution is 2.29. The van der Waals surface area contributed by atoms with Crippen molar-refractivity contribution in [2.24, 2.45) is 0 Å². The van der Waals surface area contributed by atoms with E-state index in [4.69, 9.17) is 0 Å². The average Bonchev–Trinajstić information content (AvgIpc) is 3.19. The number of carbonyl (C=O) groups excluding carboxylic acids is 1. The molecule has 0 radical (unpaired) electrons. The number of alkyl halides is 5. The predicted molar refractivity (Wildman–Crippen MR) is 123 cm³/mol. The number of rotatable bonds is 9. The molecular formula is C27H22F5NO2. The molecule has 3 aromatic carbocycles. The van der Waals surface area contributed by atoms with Crippen LogP contribution in [-0.4, -0.2) is 23.1 Å². The summed E-state index contributed by atoms with van der Waals surface area (Å²) in [4.78, 5) is 11.3. The molecule has 0 aliphatic heterocycles. The van der Waals surface area contributed by atoms with E-state index in [1.54, 1.807) is 24.3 Å². The van der Waals surface area contributed by atoms with Crippen LogP contribution in [0.3, 0.4) is 0 Å². The van der Waals surface area contributed by atoms with Gasteiger partial charge in [-0.3, -0.25) is 4.79 Å². The lowest BCUT2D eigenvalue weighted by Crippen LogP contribution is -2.22. The number of aromatic nitrogens is 1. The van der Waals surface area contributed by atoms with E-state index in [2.05, 4.69) is 4.74 Å². The molecule has 182 valence electrons. The second-order valence-electron chi connectivity index (χ2n) is 8.15. The Bertz CT molecular complexity index is 1300. The summed E-state index contributed by atoms with van der Waals surface area (Å²) in [6.45, 7) is -2.92. The molecular weight excluding hydrogens is 465 g/mol. The molecule has 8 heteroatoms. The van der Waals surface area contributed by atoms with Crippen LogP contribution in [0.15, 0.2) is 79.0 Å². The number of benzene rings is 3. The predicted octanol–water partition coefficient (Wildman–Crippen LogP) is 7.08. The Kier molecular flexibility index (Phi) is 7.19. The van der Waals surface area contributed by atoms with Gasteiger partial charge in [0.05, 0.1) is 5.52 Å². The third kappa shape index (κ3) is 6.07. The van der Waals surface area contributed by atoms with Crippen molar-refractivity contribution in [2.75, 3.05) is 0 Å². The van der Waals surface area contributed by atoms with Gasteiger partial charge in [-0.1, -0.05) is 36.4 Å². The topological polar surface area (TPSA) is 31.2 Å². The van der Waals surface area contributed by atoms with E-state index in [1.165, 1.54) is 12.1 Å². The number of carbonyl (C=O) groups is 1. The van der Waals surface area contributed by atoms with Crippen LogP contribution in [0.1, 0.15) is 23.1 Å². The normalized spacial score (nSPS) is 11.8. The lowest BCUT2D eigenvalue weighted by Gasteiger charge is -2.09. The third-order valence-corrected chi connectivity index (χ3v) is 5.77. The van der Waals surface area contributed by atoms with Gasteiger partial charge in [0.25, 0.3) is 0 Å². The van der Waals surface area contributed by atoms with E-state index in [0.717, 1.165) is 34.1 Å². The Balaban J connectivity index is 1.66. The standard InChI is InChI=1S/C27H22F5NO2/c28-26(29)35-22-12-10-21(11-13-22)33-17-20(9-6-18-4-2-1-3-5-18)23-16-19(7-14-24(23)33)8-15-25(34)27(30,31)32/h1-5,7,10-14,16-17,26H,6,8-9,15H2. The van der Waals surface area contributed by atoms with Crippen molar-refractivity contribution >= 4 is 16.7 Å². The van der Waals surface area contributed by atoms with Gasteiger partial charge >= 0.3 is 12.8 Å². The van der Waals surface area contributed by atoms with Crippen LogP contribution < -0.4 is 4.74 Å². The fourth-order valence-corrected chi connectivity index (χ4v) is 4.03. The van der Waals surface area contributed by atoms with Gasteiger partial charge in [-0.2, -0.15) is 22.0 Å².